The number of hydrogen-bond donors (Lipinski definition) is 2. The van der Waals surface area contributed by atoms with Gasteiger partial charge in [-0.25, -0.2) is 0 Å². The Morgan fingerprint density at radius 2 is 1.73 bits per heavy atom. The van der Waals surface area contributed by atoms with Crippen LogP contribution in [0.3, 0.4) is 0 Å². The molecule has 166 valence electrons. The zero-order chi connectivity index (χ0) is 21.1. The summed E-state index contributed by atoms with van der Waals surface area (Å²) in [6.45, 7) is 6.97. The Morgan fingerprint density at radius 3 is 2.40 bits per heavy atom. The van der Waals surface area contributed by atoms with Gasteiger partial charge in [-0.15, -0.1) is 0 Å². The summed E-state index contributed by atoms with van der Waals surface area (Å²) in [5, 5.41) is 24.2. The fourth-order valence-corrected chi connectivity index (χ4v) is 5.63. The number of rotatable bonds is 6. The first-order chi connectivity index (χ1) is 14.6. The van der Waals surface area contributed by atoms with Crippen molar-refractivity contribution in [3.8, 4) is 0 Å². The molecule has 6 nitrogen and oxygen atoms in total. The van der Waals surface area contributed by atoms with Crippen molar-refractivity contribution in [3.05, 3.63) is 29.8 Å². The van der Waals surface area contributed by atoms with Gasteiger partial charge in [-0.2, -0.15) is 0 Å². The van der Waals surface area contributed by atoms with Gasteiger partial charge < -0.3 is 24.9 Å². The Labute approximate surface area is 180 Å². The predicted molar refractivity (Wildman–Crippen MR) is 120 cm³/mol. The van der Waals surface area contributed by atoms with Gasteiger partial charge in [0.05, 0.1) is 6.61 Å². The van der Waals surface area contributed by atoms with E-state index in [4.69, 9.17) is 9.94 Å². The van der Waals surface area contributed by atoms with Crippen molar-refractivity contribution in [2.45, 2.75) is 70.7 Å². The molecule has 2 aliphatic heterocycles. The summed E-state index contributed by atoms with van der Waals surface area (Å²) in [5.41, 5.74) is 2.51. The number of oxime groups is 1. The van der Waals surface area contributed by atoms with Gasteiger partial charge in [-0.1, -0.05) is 37.2 Å². The number of hydrogen-bond acceptors (Lipinski definition) is 6. The van der Waals surface area contributed by atoms with E-state index in [9.17, 15) is 5.11 Å². The standard InChI is InChI=1S/C24H37N3O3/c1-17(2)18-7-9-19(10-8-18)26-13-11-20(12-14-26)27-22-6-4-3-5-21(22)23(24(27)29)25-30-16-15-28/h3-6,17-20,24,28-29H,7-16H2,1-2H3/b25-23-. The minimum Gasteiger partial charge on any atom is -0.393 e. The second-order valence-corrected chi connectivity index (χ2v) is 9.41. The largest absolute Gasteiger partial charge is 0.393 e. The lowest BCUT2D eigenvalue weighted by Crippen LogP contribution is -2.51. The topological polar surface area (TPSA) is 68.5 Å². The number of piperidine rings is 1. The summed E-state index contributed by atoms with van der Waals surface area (Å²) in [6.07, 6.45) is 6.73. The van der Waals surface area contributed by atoms with Gasteiger partial charge in [0.2, 0.25) is 0 Å². The van der Waals surface area contributed by atoms with E-state index >= 15 is 0 Å². The molecule has 0 aromatic heterocycles. The van der Waals surface area contributed by atoms with E-state index in [2.05, 4.69) is 34.9 Å². The molecule has 0 bridgehead atoms. The lowest BCUT2D eigenvalue weighted by Gasteiger charge is -2.44. The van der Waals surface area contributed by atoms with Gasteiger partial charge in [0.25, 0.3) is 0 Å². The molecule has 2 N–H and O–H groups in total. The van der Waals surface area contributed by atoms with E-state index in [1.54, 1.807) is 0 Å². The Morgan fingerprint density at radius 1 is 1.03 bits per heavy atom. The van der Waals surface area contributed by atoms with Crippen LogP contribution in [0.1, 0.15) is 57.9 Å². The molecule has 1 aliphatic carbocycles. The summed E-state index contributed by atoms with van der Waals surface area (Å²) in [4.78, 5) is 10.0. The molecule has 1 aromatic rings. The number of aliphatic hydroxyl groups excluding tert-OH is 2. The van der Waals surface area contributed by atoms with Crippen LogP contribution in [0.15, 0.2) is 29.4 Å². The van der Waals surface area contributed by atoms with Crippen LogP contribution in [-0.2, 0) is 4.84 Å². The Kier molecular flexibility index (Phi) is 6.96. The minimum absolute atomic E-state index is 0.0875. The van der Waals surface area contributed by atoms with Crippen molar-refractivity contribution >= 4 is 11.4 Å². The maximum absolute atomic E-state index is 11.1. The Bertz CT molecular complexity index is 722. The molecule has 4 rings (SSSR count). The molecule has 2 heterocycles. The number of fused-ring (bicyclic) bond motifs is 1. The summed E-state index contributed by atoms with van der Waals surface area (Å²) in [6, 6.07) is 9.07. The SMILES string of the molecule is CC(C)C1CCC(N2CCC(N3c4ccccc4/C(=N/OCCO)C3O)CC2)CC1. The fraction of sp³-hybridized carbons (Fsp3) is 0.708. The Hall–Kier alpha value is -1.63. The molecule has 3 aliphatic rings. The van der Waals surface area contributed by atoms with Crippen LogP contribution in [0.4, 0.5) is 5.69 Å². The van der Waals surface area contributed by atoms with Gasteiger partial charge in [0, 0.05) is 36.4 Å². The lowest BCUT2D eigenvalue weighted by molar-refractivity contribution is 0.0885. The van der Waals surface area contributed by atoms with Gasteiger partial charge >= 0.3 is 0 Å². The highest BCUT2D eigenvalue weighted by molar-refractivity contribution is 6.13. The third-order valence-electron chi connectivity index (χ3n) is 7.40. The van der Waals surface area contributed by atoms with Crippen molar-refractivity contribution in [2.24, 2.45) is 17.0 Å². The van der Waals surface area contributed by atoms with Gasteiger partial charge in [-0.05, 0) is 56.4 Å². The van der Waals surface area contributed by atoms with Crippen molar-refractivity contribution in [2.75, 3.05) is 31.2 Å². The first-order valence-electron chi connectivity index (χ1n) is 11.7. The molecule has 0 amide bonds. The molecule has 1 saturated heterocycles. The molecular formula is C24H37N3O3. The molecule has 1 aromatic carbocycles. The summed E-state index contributed by atoms with van der Waals surface area (Å²) in [5.74, 6) is 1.71. The van der Waals surface area contributed by atoms with E-state index in [-0.39, 0.29) is 13.2 Å². The van der Waals surface area contributed by atoms with E-state index in [0.29, 0.717) is 11.8 Å². The highest BCUT2D eigenvalue weighted by atomic mass is 16.6. The fourth-order valence-electron chi connectivity index (χ4n) is 5.63. The maximum Gasteiger partial charge on any atom is 0.174 e. The van der Waals surface area contributed by atoms with Crippen LogP contribution in [0.5, 0.6) is 0 Å². The van der Waals surface area contributed by atoms with E-state index in [1.165, 1.54) is 25.7 Å². The average Bonchev–Trinajstić information content (AvgIpc) is 3.05. The molecule has 30 heavy (non-hydrogen) atoms. The van der Waals surface area contributed by atoms with E-state index in [0.717, 1.165) is 55.1 Å². The van der Waals surface area contributed by atoms with Gasteiger partial charge in [0.15, 0.2) is 6.23 Å². The van der Waals surface area contributed by atoms with E-state index < -0.39 is 6.23 Å². The zero-order valence-electron chi connectivity index (χ0n) is 18.4. The predicted octanol–water partition coefficient (Wildman–Crippen LogP) is 3.22. The molecule has 1 unspecified atom stereocenters. The second kappa shape index (κ2) is 9.67. The number of benzene rings is 1. The van der Waals surface area contributed by atoms with Crippen LogP contribution in [0.2, 0.25) is 0 Å². The minimum atomic E-state index is -0.792. The first kappa shape index (κ1) is 21.6. The monoisotopic (exact) mass is 415 g/mol. The molecule has 2 fully saturated rings. The molecule has 0 spiro atoms. The number of para-hydroxylation sites is 1. The normalized spacial score (nSPS) is 29.6. The molecule has 0 radical (unpaired) electrons. The number of anilines is 1. The van der Waals surface area contributed by atoms with Crippen LogP contribution >= 0.6 is 0 Å². The third-order valence-corrected chi connectivity index (χ3v) is 7.40. The third kappa shape index (κ3) is 4.36. The van der Waals surface area contributed by atoms with Crippen molar-refractivity contribution in [1.82, 2.24) is 4.90 Å². The molecular weight excluding hydrogens is 378 g/mol. The summed E-state index contributed by atoms with van der Waals surface area (Å²) < 4.78 is 0. The first-order valence-corrected chi connectivity index (χ1v) is 11.7. The maximum atomic E-state index is 11.1. The highest BCUT2D eigenvalue weighted by Crippen LogP contribution is 2.38. The van der Waals surface area contributed by atoms with Crippen molar-refractivity contribution in [1.29, 1.82) is 0 Å². The van der Waals surface area contributed by atoms with Gasteiger partial charge in [-0.3, -0.25) is 0 Å². The van der Waals surface area contributed by atoms with Crippen LogP contribution < -0.4 is 4.90 Å². The zero-order valence-corrected chi connectivity index (χ0v) is 18.4. The quantitative estimate of drug-likeness (QED) is 0.552. The number of likely N-dealkylation sites (tertiary alicyclic amines) is 1. The van der Waals surface area contributed by atoms with Gasteiger partial charge in [0.1, 0.15) is 12.3 Å². The highest BCUT2D eigenvalue weighted by Gasteiger charge is 2.40. The van der Waals surface area contributed by atoms with Crippen LogP contribution in [0, 0.1) is 11.8 Å². The van der Waals surface area contributed by atoms with Crippen molar-refractivity contribution in [3.63, 3.8) is 0 Å². The summed E-state index contributed by atoms with van der Waals surface area (Å²) >= 11 is 0. The number of aliphatic hydroxyl groups is 2. The average molecular weight is 416 g/mol. The van der Waals surface area contributed by atoms with Crippen LogP contribution in [0.25, 0.3) is 0 Å². The molecule has 6 heteroatoms. The van der Waals surface area contributed by atoms with Crippen LogP contribution in [-0.4, -0.2) is 65.4 Å². The lowest BCUT2D eigenvalue weighted by atomic mass is 9.79. The molecule has 1 atom stereocenters. The second-order valence-electron chi connectivity index (χ2n) is 9.41. The Balaban J connectivity index is 1.39. The van der Waals surface area contributed by atoms with Crippen molar-refractivity contribution < 1.29 is 15.1 Å². The smallest absolute Gasteiger partial charge is 0.174 e. The summed E-state index contributed by atoms with van der Waals surface area (Å²) in [7, 11) is 0. The number of nitrogens with zero attached hydrogens (tertiary/aromatic N) is 3. The van der Waals surface area contributed by atoms with E-state index in [1.807, 2.05) is 18.2 Å². The molecule has 1 saturated carbocycles.